The second-order valence-electron chi connectivity index (χ2n) is 8.29. The SMILES string of the molecule is Cc1cc(Nc2nccc(C(F)(F)F)n2)cc(-c2cnc([C@]3(O)CC[C@@H](C(=O)NO)CC3)s2)c1. The number of alkyl halides is 3. The van der Waals surface area contributed by atoms with Crippen molar-refractivity contribution in [3.8, 4) is 10.4 Å². The van der Waals surface area contributed by atoms with Crippen LogP contribution in [-0.4, -0.2) is 31.2 Å². The van der Waals surface area contributed by atoms with Gasteiger partial charge in [-0.2, -0.15) is 13.2 Å². The molecule has 4 rings (SSSR count). The highest BCUT2D eigenvalue weighted by atomic mass is 32.1. The predicted octanol–water partition coefficient (Wildman–Crippen LogP) is 4.55. The first-order valence-electron chi connectivity index (χ1n) is 10.5. The number of nitrogens with one attached hydrogen (secondary N) is 2. The van der Waals surface area contributed by atoms with Crippen molar-refractivity contribution < 1.29 is 28.3 Å². The highest BCUT2D eigenvalue weighted by Gasteiger charge is 2.39. The second-order valence-corrected chi connectivity index (χ2v) is 9.32. The number of aryl methyl sites for hydroxylation is 1. The minimum atomic E-state index is -4.57. The van der Waals surface area contributed by atoms with Gasteiger partial charge in [-0.15, -0.1) is 11.3 Å². The van der Waals surface area contributed by atoms with Crippen LogP contribution in [0.4, 0.5) is 24.8 Å². The highest BCUT2D eigenvalue weighted by molar-refractivity contribution is 7.15. The van der Waals surface area contributed by atoms with Gasteiger partial charge in [-0.25, -0.2) is 20.4 Å². The van der Waals surface area contributed by atoms with Crippen molar-refractivity contribution in [3.05, 3.63) is 52.9 Å². The largest absolute Gasteiger partial charge is 0.433 e. The monoisotopic (exact) mass is 493 g/mol. The number of amides is 1. The molecular weight excluding hydrogens is 471 g/mol. The Labute approximate surface area is 196 Å². The summed E-state index contributed by atoms with van der Waals surface area (Å²) in [4.78, 5) is 24.2. The molecule has 0 spiro atoms. The number of halogens is 3. The van der Waals surface area contributed by atoms with E-state index in [4.69, 9.17) is 5.21 Å². The zero-order valence-electron chi connectivity index (χ0n) is 18.1. The molecule has 1 aromatic carbocycles. The van der Waals surface area contributed by atoms with Gasteiger partial charge in [0.25, 0.3) is 0 Å². The number of anilines is 2. The van der Waals surface area contributed by atoms with E-state index in [1.807, 2.05) is 13.0 Å². The Morgan fingerprint density at radius 3 is 2.62 bits per heavy atom. The number of rotatable bonds is 5. The van der Waals surface area contributed by atoms with E-state index >= 15 is 0 Å². The average Bonchev–Trinajstić information content (AvgIpc) is 3.30. The first kappa shape index (κ1) is 24.0. The second kappa shape index (κ2) is 9.28. The van der Waals surface area contributed by atoms with Crippen LogP contribution in [-0.2, 0) is 16.6 Å². The van der Waals surface area contributed by atoms with E-state index in [9.17, 15) is 23.1 Å². The van der Waals surface area contributed by atoms with Gasteiger partial charge in [0.2, 0.25) is 11.9 Å². The third kappa shape index (κ3) is 5.18. The maximum Gasteiger partial charge on any atom is 0.433 e. The molecule has 0 aliphatic heterocycles. The van der Waals surface area contributed by atoms with Crippen LogP contribution in [0.1, 0.15) is 41.9 Å². The molecule has 1 amide bonds. The Balaban J connectivity index is 1.54. The Kier molecular flexibility index (Phi) is 6.56. The Hall–Kier alpha value is -3.09. The highest BCUT2D eigenvalue weighted by Crippen LogP contribution is 2.43. The number of aromatic nitrogens is 3. The Morgan fingerprint density at radius 1 is 1.21 bits per heavy atom. The molecule has 12 heteroatoms. The van der Waals surface area contributed by atoms with Gasteiger partial charge in [0, 0.05) is 24.0 Å². The summed E-state index contributed by atoms with van der Waals surface area (Å²) < 4.78 is 38.8. The first-order chi connectivity index (χ1) is 16.1. The molecular formula is C22H22F3N5O3S. The Morgan fingerprint density at radius 2 is 1.94 bits per heavy atom. The molecule has 1 aliphatic carbocycles. The van der Waals surface area contributed by atoms with Crippen molar-refractivity contribution in [2.45, 2.75) is 44.4 Å². The fraction of sp³-hybridized carbons (Fsp3) is 0.364. The van der Waals surface area contributed by atoms with Gasteiger partial charge >= 0.3 is 6.18 Å². The number of hydrogen-bond donors (Lipinski definition) is 4. The third-order valence-corrected chi connectivity index (χ3v) is 7.00. The lowest BCUT2D eigenvalue weighted by Gasteiger charge is -2.33. The van der Waals surface area contributed by atoms with Gasteiger partial charge in [-0.1, -0.05) is 6.07 Å². The van der Waals surface area contributed by atoms with E-state index in [-0.39, 0.29) is 11.9 Å². The minimum absolute atomic E-state index is 0.172. The molecule has 4 N–H and O–H groups in total. The summed E-state index contributed by atoms with van der Waals surface area (Å²) in [6.45, 7) is 1.85. The lowest BCUT2D eigenvalue weighted by molar-refractivity contribution is -0.141. The number of benzene rings is 1. The summed E-state index contributed by atoms with van der Waals surface area (Å²) >= 11 is 1.32. The van der Waals surface area contributed by atoms with Crippen molar-refractivity contribution in [1.29, 1.82) is 0 Å². The molecule has 34 heavy (non-hydrogen) atoms. The lowest BCUT2D eigenvalue weighted by atomic mass is 9.79. The molecule has 2 heterocycles. The molecule has 0 saturated heterocycles. The number of hydrogen-bond acceptors (Lipinski definition) is 8. The standard InChI is InChI=1S/C22H22F3N5O3S/c1-12-8-14(10-15(9-12)28-20-26-7-4-17(29-20)22(23,24)25)16-11-27-19(34-16)21(32)5-2-13(3-6-21)18(31)30-33/h4,7-11,13,32-33H,2-3,5-6H2,1H3,(H,30,31)(H,26,28,29)/t13-,21+. The molecule has 180 valence electrons. The minimum Gasteiger partial charge on any atom is -0.383 e. The maximum atomic E-state index is 12.9. The first-order valence-corrected chi connectivity index (χ1v) is 11.3. The summed E-state index contributed by atoms with van der Waals surface area (Å²) in [5, 5.41) is 23.3. The van der Waals surface area contributed by atoms with E-state index in [0.29, 0.717) is 36.4 Å². The molecule has 0 bridgehead atoms. The van der Waals surface area contributed by atoms with Gasteiger partial charge in [-0.3, -0.25) is 10.0 Å². The Bertz CT molecular complexity index is 1190. The van der Waals surface area contributed by atoms with Crippen molar-refractivity contribution in [3.63, 3.8) is 0 Å². The van der Waals surface area contributed by atoms with E-state index in [1.165, 1.54) is 11.3 Å². The smallest absolute Gasteiger partial charge is 0.383 e. The van der Waals surface area contributed by atoms with Gasteiger partial charge < -0.3 is 10.4 Å². The molecule has 2 aromatic heterocycles. The lowest BCUT2D eigenvalue weighted by Crippen LogP contribution is -2.37. The van der Waals surface area contributed by atoms with Crippen LogP contribution in [0.3, 0.4) is 0 Å². The number of aliphatic hydroxyl groups is 1. The molecule has 0 unspecified atom stereocenters. The van der Waals surface area contributed by atoms with Crippen molar-refractivity contribution >= 4 is 28.9 Å². The topological polar surface area (TPSA) is 120 Å². The normalized spacial score (nSPS) is 20.7. The molecule has 0 atom stereocenters. The van der Waals surface area contributed by atoms with Gasteiger partial charge in [0.05, 0.1) is 4.88 Å². The van der Waals surface area contributed by atoms with E-state index in [1.54, 1.807) is 23.8 Å². The third-order valence-electron chi connectivity index (χ3n) is 5.76. The summed E-state index contributed by atoms with van der Waals surface area (Å²) in [5.41, 5.74) is 1.61. The molecule has 1 saturated carbocycles. The van der Waals surface area contributed by atoms with E-state index < -0.39 is 23.4 Å². The van der Waals surface area contributed by atoms with Crippen LogP contribution in [0.5, 0.6) is 0 Å². The van der Waals surface area contributed by atoms with Crippen molar-refractivity contribution in [1.82, 2.24) is 20.4 Å². The fourth-order valence-corrected chi connectivity index (χ4v) is 5.04. The summed E-state index contributed by atoms with van der Waals surface area (Å²) in [7, 11) is 0. The quantitative estimate of drug-likeness (QED) is 0.304. The van der Waals surface area contributed by atoms with Crippen molar-refractivity contribution in [2.24, 2.45) is 5.92 Å². The molecule has 1 aliphatic rings. The van der Waals surface area contributed by atoms with Gasteiger partial charge in [-0.05, 0) is 61.9 Å². The van der Waals surface area contributed by atoms with Crippen LogP contribution < -0.4 is 10.8 Å². The average molecular weight is 494 g/mol. The van der Waals surface area contributed by atoms with E-state index in [0.717, 1.165) is 28.3 Å². The molecule has 0 radical (unpaired) electrons. The summed E-state index contributed by atoms with van der Waals surface area (Å²) in [6, 6.07) is 6.22. The van der Waals surface area contributed by atoms with Crippen LogP contribution in [0.2, 0.25) is 0 Å². The van der Waals surface area contributed by atoms with Crippen molar-refractivity contribution in [2.75, 3.05) is 5.32 Å². The number of carbonyl (C=O) groups excluding carboxylic acids is 1. The molecule has 8 nitrogen and oxygen atoms in total. The zero-order chi connectivity index (χ0) is 24.5. The summed E-state index contributed by atoms with van der Waals surface area (Å²) in [6.07, 6.45) is -0.358. The predicted molar refractivity (Wildman–Crippen MR) is 118 cm³/mol. The van der Waals surface area contributed by atoms with Crippen LogP contribution in [0, 0.1) is 12.8 Å². The molecule has 3 aromatic rings. The van der Waals surface area contributed by atoms with Crippen LogP contribution in [0.15, 0.2) is 36.7 Å². The molecule has 1 fully saturated rings. The summed E-state index contributed by atoms with van der Waals surface area (Å²) in [5.74, 6) is -0.978. The number of hydroxylamine groups is 1. The maximum absolute atomic E-state index is 12.9. The number of thiazole rings is 1. The van der Waals surface area contributed by atoms with Gasteiger partial charge in [0.15, 0.2) is 0 Å². The number of nitrogens with zero attached hydrogens (tertiary/aromatic N) is 3. The fourth-order valence-electron chi connectivity index (χ4n) is 3.99. The zero-order valence-corrected chi connectivity index (χ0v) is 18.9. The van der Waals surface area contributed by atoms with Crippen LogP contribution >= 0.6 is 11.3 Å². The van der Waals surface area contributed by atoms with Gasteiger partial charge in [0.1, 0.15) is 16.3 Å². The number of carbonyl (C=O) groups is 1. The van der Waals surface area contributed by atoms with E-state index in [2.05, 4.69) is 20.3 Å². The van der Waals surface area contributed by atoms with Crippen LogP contribution in [0.25, 0.3) is 10.4 Å².